The van der Waals surface area contributed by atoms with E-state index in [9.17, 15) is 26.3 Å². The Kier molecular flexibility index (Phi) is 3.07. The van der Waals surface area contributed by atoms with Crippen LogP contribution in [0.2, 0.25) is 0 Å². The number of para-hydroxylation sites is 1. The topological polar surface area (TPSA) is 20.2 Å². The maximum Gasteiger partial charge on any atom is 0.404 e. The molecule has 0 aliphatic rings. The van der Waals surface area contributed by atoms with Crippen molar-refractivity contribution in [3.63, 3.8) is 0 Å². The van der Waals surface area contributed by atoms with Crippen LogP contribution in [-0.4, -0.2) is 17.5 Å². The van der Waals surface area contributed by atoms with Gasteiger partial charge in [0.05, 0.1) is 0 Å². The molecule has 0 radical (unpaired) electrons. The number of aromatic hydroxyl groups is 1. The number of rotatable bonds is 1. The highest BCUT2D eigenvalue weighted by Crippen LogP contribution is 2.48. The predicted octanol–water partition coefficient (Wildman–Crippen LogP) is 3.60. The van der Waals surface area contributed by atoms with Gasteiger partial charge in [0, 0.05) is 5.56 Å². The fourth-order valence-corrected chi connectivity index (χ4v) is 1.27. The highest BCUT2D eigenvalue weighted by molar-refractivity contribution is 5.36. The van der Waals surface area contributed by atoms with Crippen molar-refractivity contribution in [3.8, 4) is 5.75 Å². The molecule has 0 heterocycles. The van der Waals surface area contributed by atoms with Gasteiger partial charge in [-0.1, -0.05) is 18.2 Å². The van der Waals surface area contributed by atoms with Crippen LogP contribution in [0.1, 0.15) is 11.5 Å². The van der Waals surface area contributed by atoms with Crippen LogP contribution in [0.5, 0.6) is 5.75 Å². The SMILES string of the molecule is Oc1ccccc1C(C(F)(F)F)C(F)(F)F. The minimum absolute atomic E-state index is 0.598. The Bertz CT molecular complexity index is 353. The normalized spacial score (nSPS) is 13.2. The van der Waals surface area contributed by atoms with E-state index >= 15 is 0 Å². The van der Waals surface area contributed by atoms with Crippen LogP contribution in [0, 0.1) is 0 Å². The first-order valence-corrected chi connectivity index (χ1v) is 4.05. The molecule has 0 aromatic heterocycles. The van der Waals surface area contributed by atoms with E-state index in [0.717, 1.165) is 18.2 Å². The summed E-state index contributed by atoms with van der Waals surface area (Å²) in [7, 11) is 0. The number of hydrogen-bond donors (Lipinski definition) is 1. The molecule has 0 atom stereocenters. The highest BCUT2D eigenvalue weighted by atomic mass is 19.4. The first kappa shape index (κ1) is 12.7. The Morgan fingerprint density at radius 3 is 1.69 bits per heavy atom. The standard InChI is InChI=1S/C9H6F6O/c10-8(11,12)7(9(13,14)15)5-3-1-2-4-6(5)16/h1-4,7,16H. The van der Waals surface area contributed by atoms with Gasteiger partial charge in [-0.15, -0.1) is 0 Å². The lowest BCUT2D eigenvalue weighted by molar-refractivity contribution is -0.253. The maximum atomic E-state index is 12.3. The molecule has 90 valence electrons. The molecule has 0 aliphatic carbocycles. The molecule has 7 heteroatoms. The smallest absolute Gasteiger partial charge is 0.404 e. The second kappa shape index (κ2) is 3.88. The van der Waals surface area contributed by atoms with E-state index in [1.807, 2.05) is 0 Å². The zero-order valence-corrected chi connectivity index (χ0v) is 7.60. The van der Waals surface area contributed by atoms with Crippen molar-refractivity contribution in [3.05, 3.63) is 29.8 Å². The lowest BCUT2D eigenvalue weighted by atomic mass is 9.97. The molecule has 1 nitrogen and oxygen atoms in total. The average Bonchev–Trinajstić information content (AvgIpc) is 2.03. The molecule has 0 bridgehead atoms. The molecule has 0 saturated carbocycles. The van der Waals surface area contributed by atoms with Gasteiger partial charge in [-0.25, -0.2) is 0 Å². The van der Waals surface area contributed by atoms with E-state index in [1.54, 1.807) is 0 Å². The van der Waals surface area contributed by atoms with Crippen molar-refractivity contribution < 1.29 is 31.4 Å². The third-order valence-corrected chi connectivity index (χ3v) is 1.90. The lowest BCUT2D eigenvalue weighted by Gasteiger charge is -2.23. The molecule has 0 amide bonds. The molecule has 0 spiro atoms. The van der Waals surface area contributed by atoms with Crippen molar-refractivity contribution >= 4 is 0 Å². The number of benzene rings is 1. The third kappa shape index (κ3) is 2.59. The third-order valence-electron chi connectivity index (χ3n) is 1.90. The van der Waals surface area contributed by atoms with Crippen molar-refractivity contribution in [1.29, 1.82) is 0 Å². The van der Waals surface area contributed by atoms with Gasteiger partial charge in [0.15, 0.2) is 5.92 Å². The minimum atomic E-state index is -5.49. The number of hydrogen-bond acceptors (Lipinski definition) is 1. The van der Waals surface area contributed by atoms with Gasteiger partial charge in [0.1, 0.15) is 5.75 Å². The Morgan fingerprint density at radius 2 is 1.31 bits per heavy atom. The lowest BCUT2D eigenvalue weighted by Crippen LogP contribution is -2.34. The van der Waals surface area contributed by atoms with E-state index in [-0.39, 0.29) is 0 Å². The second-order valence-corrected chi connectivity index (χ2v) is 3.08. The van der Waals surface area contributed by atoms with E-state index in [2.05, 4.69) is 0 Å². The first-order valence-electron chi connectivity index (χ1n) is 4.05. The fourth-order valence-electron chi connectivity index (χ4n) is 1.27. The van der Waals surface area contributed by atoms with E-state index in [4.69, 9.17) is 5.11 Å². The largest absolute Gasteiger partial charge is 0.508 e. The molecule has 0 unspecified atom stereocenters. The number of phenols is 1. The molecule has 0 fully saturated rings. The van der Waals surface area contributed by atoms with Crippen LogP contribution < -0.4 is 0 Å². The predicted molar refractivity (Wildman–Crippen MR) is 43.0 cm³/mol. The number of phenolic OH excluding ortho intramolecular Hbond substituents is 1. The molecule has 16 heavy (non-hydrogen) atoms. The molecule has 1 N–H and O–H groups in total. The van der Waals surface area contributed by atoms with Crippen LogP contribution in [0.4, 0.5) is 26.3 Å². The van der Waals surface area contributed by atoms with Crippen LogP contribution in [0.15, 0.2) is 24.3 Å². The van der Waals surface area contributed by atoms with E-state index in [1.165, 1.54) is 0 Å². The summed E-state index contributed by atoms with van der Waals surface area (Å²) in [6.07, 6.45) is -11.0. The summed E-state index contributed by atoms with van der Waals surface area (Å²) in [5.74, 6) is -4.69. The van der Waals surface area contributed by atoms with E-state index in [0.29, 0.717) is 6.07 Å². The molecule has 1 rings (SSSR count). The molecule has 1 aromatic carbocycles. The zero-order valence-electron chi connectivity index (χ0n) is 7.60. The zero-order chi connectivity index (χ0) is 12.6. The molecule has 0 saturated heterocycles. The van der Waals surface area contributed by atoms with Gasteiger partial charge in [-0.2, -0.15) is 26.3 Å². The van der Waals surface area contributed by atoms with Gasteiger partial charge in [0.25, 0.3) is 0 Å². The van der Waals surface area contributed by atoms with Crippen molar-refractivity contribution in [2.24, 2.45) is 0 Å². The summed E-state index contributed by atoms with van der Waals surface area (Å²) >= 11 is 0. The number of halogens is 6. The average molecular weight is 244 g/mol. The summed E-state index contributed by atoms with van der Waals surface area (Å²) in [6, 6.07) is 3.52. The van der Waals surface area contributed by atoms with Crippen LogP contribution in [-0.2, 0) is 0 Å². The van der Waals surface area contributed by atoms with Gasteiger partial charge >= 0.3 is 12.4 Å². The summed E-state index contributed by atoms with van der Waals surface area (Å²) in [6.45, 7) is 0. The minimum Gasteiger partial charge on any atom is -0.508 e. The van der Waals surface area contributed by atoms with Gasteiger partial charge < -0.3 is 5.11 Å². The number of alkyl halides is 6. The summed E-state index contributed by atoms with van der Waals surface area (Å²) in [5, 5.41) is 9.01. The van der Waals surface area contributed by atoms with Gasteiger partial charge in [-0.3, -0.25) is 0 Å². The molecular weight excluding hydrogens is 238 g/mol. The highest BCUT2D eigenvalue weighted by Gasteiger charge is 2.58. The van der Waals surface area contributed by atoms with E-state index < -0.39 is 29.6 Å². The Labute approximate surface area is 86.3 Å². The van der Waals surface area contributed by atoms with Crippen molar-refractivity contribution in [2.45, 2.75) is 18.3 Å². The summed E-state index contributed by atoms with van der Waals surface area (Å²) in [4.78, 5) is 0. The van der Waals surface area contributed by atoms with Crippen LogP contribution in [0.25, 0.3) is 0 Å². The van der Waals surface area contributed by atoms with Crippen LogP contribution in [0.3, 0.4) is 0 Å². The van der Waals surface area contributed by atoms with Crippen molar-refractivity contribution in [1.82, 2.24) is 0 Å². The Morgan fingerprint density at radius 1 is 0.875 bits per heavy atom. The second-order valence-electron chi connectivity index (χ2n) is 3.08. The molecule has 1 aromatic rings. The monoisotopic (exact) mass is 244 g/mol. The van der Waals surface area contributed by atoms with Gasteiger partial charge in [-0.05, 0) is 6.07 Å². The molecule has 0 aliphatic heterocycles. The Balaban J connectivity index is 3.29. The van der Waals surface area contributed by atoms with Gasteiger partial charge in [0.2, 0.25) is 0 Å². The first-order chi connectivity index (χ1) is 7.14. The maximum absolute atomic E-state index is 12.3. The van der Waals surface area contributed by atoms with Crippen LogP contribution >= 0.6 is 0 Å². The summed E-state index contributed by atoms with van der Waals surface area (Å²) in [5.41, 5.74) is -1.19. The Hall–Kier alpha value is -1.40. The van der Waals surface area contributed by atoms with Crippen molar-refractivity contribution in [2.75, 3.05) is 0 Å². The quantitative estimate of drug-likeness (QED) is 0.748. The summed E-state index contributed by atoms with van der Waals surface area (Å²) < 4.78 is 73.5. The fraction of sp³-hybridized carbons (Fsp3) is 0.333. The molecular formula is C9H6F6O.